The Bertz CT molecular complexity index is 506. The maximum atomic E-state index is 12.5. The zero-order valence-corrected chi connectivity index (χ0v) is 8.73. The van der Waals surface area contributed by atoms with Crippen LogP contribution in [0.4, 0.5) is 19.0 Å². The highest BCUT2D eigenvalue weighted by Crippen LogP contribution is 2.27. The van der Waals surface area contributed by atoms with Crippen molar-refractivity contribution >= 4 is 5.82 Å². The highest BCUT2D eigenvalue weighted by atomic mass is 19.4. The molecule has 0 saturated carbocycles. The average molecular weight is 243 g/mol. The van der Waals surface area contributed by atoms with Gasteiger partial charge in [0.2, 0.25) is 5.82 Å². The van der Waals surface area contributed by atoms with E-state index in [0.29, 0.717) is 0 Å². The lowest BCUT2D eigenvalue weighted by Gasteiger charge is -2.09. The van der Waals surface area contributed by atoms with E-state index in [4.69, 9.17) is 0 Å². The molecule has 8 heteroatoms. The van der Waals surface area contributed by atoms with Crippen LogP contribution in [0.15, 0.2) is 24.5 Å². The van der Waals surface area contributed by atoms with E-state index in [2.05, 4.69) is 20.4 Å². The number of nitrogens with one attached hydrogen (secondary N) is 1. The van der Waals surface area contributed by atoms with Crippen molar-refractivity contribution in [2.45, 2.75) is 6.18 Å². The van der Waals surface area contributed by atoms with Crippen molar-refractivity contribution < 1.29 is 13.2 Å². The van der Waals surface area contributed by atoms with Gasteiger partial charge < -0.3 is 5.32 Å². The number of halogens is 3. The molecule has 0 aromatic carbocycles. The maximum absolute atomic E-state index is 12.5. The van der Waals surface area contributed by atoms with Crippen LogP contribution in [0.3, 0.4) is 0 Å². The SMILES string of the molecule is CNc1cc(-n2cccn2)nc(C(F)(F)F)n1. The molecule has 1 N–H and O–H groups in total. The van der Waals surface area contributed by atoms with Gasteiger partial charge in [0.15, 0.2) is 5.82 Å². The number of hydrogen-bond acceptors (Lipinski definition) is 4. The molecule has 2 aromatic rings. The van der Waals surface area contributed by atoms with Crippen LogP contribution in [-0.2, 0) is 6.18 Å². The Morgan fingerprint density at radius 3 is 2.59 bits per heavy atom. The maximum Gasteiger partial charge on any atom is 0.451 e. The second-order valence-electron chi connectivity index (χ2n) is 3.13. The molecule has 0 fully saturated rings. The first-order chi connectivity index (χ1) is 8.00. The molecular formula is C9H8F3N5. The molecule has 0 bridgehead atoms. The third-order valence-corrected chi connectivity index (χ3v) is 1.96. The summed E-state index contributed by atoms with van der Waals surface area (Å²) in [5.74, 6) is -1.06. The third kappa shape index (κ3) is 2.35. The fourth-order valence-corrected chi connectivity index (χ4v) is 1.21. The van der Waals surface area contributed by atoms with Crippen LogP contribution in [0.5, 0.6) is 0 Å². The summed E-state index contributed by atoms with van der Waals surface area (Å²) >= 11 is 0. The second kappa shape index (κ2) is 4.04. The summed E-state index contributed by atoms with van der Waals surface area (Å²) in [5, 5.41) is 6.37. The number of nitrogens with zero attached hydrogens (tertiary/aromatic N) is 4. The van der Waals surface area contributed by atoms with Crippen molar-refractivity contribution in [3.8, 4) is 5.82 Å². The van der Waals surface area contributed by atoms with Crippen LogP contribution in [-0.4, -0.2) is 26.8 Å². The van der Waals surface area contributed by atoms with Crippen LogP contribution in [0.1, 0.15) is 5.82 Å². The monoisotopic (exact) mass is 243 g/mol. The topological polar surface area (TPSA) is 55.6 Å². The summed E-state index contributed by atoms with van der Waals surface area (Å²) in [6.45, 7) is 0. The van der Waals surface area contributed by atoms with Crippen molar-refractivity contribution in [1.82, 2.24) is 19.7 Å². The molecule has 0 unspecified atom stereocenters. The van der Waals surface area contributed by atoms with Crippen LogP contribution < -0.4 is 5.32 Å². The van der Waals surface area contributed by atoms with Crippen molar-refractivity contribution in [3.05, 3.63) is 30.4 Å². The molecule has 0 amide bonds. The van der Waals surface area contributed by atoms with Gasteiger partial charge in [0.25, 0.3) is 0 Å². The Labute approximate surface area is 94.3 Å². The van der Waals surface area contributed by atoms with Crippen molar-refractivity contribution in [1.29, 1.82) is 0 Å². The van der Waals surface area contributed by atoms with E-state index in [0.717, 1.165) is 0 Å². The highest BCUT2D eigenvalue weighted by Gasteiger charge is 2.35. The number of hydrogen-bond donors (Lipinski definition) is 1. The van der Waals surface area contributed by atoms with Crippen LogP contribution in [0.25, 0.3) is 5.82 Å². The molecule has 0 spiro atoms. The molecule has 0 aliphatic heterocycles. The normalized spacial score (nSPS) is 11.5. The van der Waals surface area contributed by atoms with Gasteiger partial charge in [-0.1, -0.05) is 0 Å². The standard InChI is InChI=1S/C9H8F3N5/c1-13-6-5-7(17-4-2-3-14-17)16-8(15-6)9(10,11)12/h2-5H,1H3,(H,13,15,16). The molecule has 2 aromatic heterocycles. The third-order valence-electron chi connectivity index (χ3n) is 1.96. The lowest BCUT2D eigenvalue weighted by atomic mass is 10.4. The first-order valence-corrected chi connectivity index (χ1v) is 4.65. The van der Waals surface area contributed by atoms with Crippen LogP contribution in [0.2, 0.25) is 0 Å². The first kappa shape index (κ1) is 11.4. The quantitative estimate of drug-likeness (QED) is 0.872. The molecule has 17 heavy (non-hydrogen) atoms. The van der Waals surface area contributed by atoms with Gasteiger partial charge in [-0.05, 0) is 6.07 Å². The summed E-state index contributed by atoms with van der Waals surface area (Å²) in [6, 6.07) is 2.97. The van der Waals surface area contributed by atoms with Gasteiger partial charge >= 0.3 is 6.18 Å². The highest BCUT2D eigenvalue weighted by molar-refractivity contribution is 5.41. The molecular weight excluding hydrogens is 235 g/mol. The van der Waals surface area contributed by atoms with E-state index >= 15 is 0 Å². The number of alkyl halides is 3. The summed E-state index contributed by atoms with van der Waals surface area (Å²) in [4.78, 5) is 6.76. The van der Waals surface area contributed by atoms with E-state index < -0.39 is 12.0 Å². The molecule has 0 aliphatic rings. The lowest BCUT2D eigenvalue weighted by molar-refractivity contribution is -0.144. The Morgan fingerprint density at radius 1 is 1.29 bits per heavy atom. The van der Waals surface area contributed by atoms with E-state index in [-0.39, 0.29) is 11.6 Å². The molecule has 90 valence electrons. The van der Waals surface area contributed by atoms with Gasteiger partial charge in [0, 0.05) is 25.5 Å². The minimum absolute atomic E-state index is 0.0571. The zero-order valence-electron chi connectivity index (χ0n) is 8.73. The molecule has 5 nitrogen and oxygen atoms in total. The van der Waals surface area contributed by atoms with E-state index in [1.807, 2.05) is 0 Å². The minimum Gasteiger partial charge on any atom is -0.373 e. The summed E-state index contributed by atoms with van der Waals surface area (Å²) < 4.78 is 38.9. The summed E-state index contributed by atoms with van der Waals surface area (Å²) in [7, 11) is 1.48. The predicted molar refractivity (Wildman–Crippen MR) is 53.7 cm³/mol. The van der Waals surface area contributed by atoms with E-state index in [9.17, 15) is 13.2 Å². The summed E-state index contributed by atoms with van der Waals surface area (Å²) in [6.07, 6.45) is -1.63. The van der Waals surface area contributed by atoms with Crippen molar-refractivity contribution in [2.75, 3.05) is 12.4 Å². The second-order valence-corrected chi connectivity index (χ2v) is 3.13. The van der Waals surface area contributed by atoms with Gasteiger partial charge in [0.1, 0.15) is 5.82 Å². The smallest absolute Gasteiger partial charge is 0.373 e. The molecule has 0 radical (unpaired) electrons. The van der Waals surface area contributed by atoms with Crippen molar-refractivity contribution in [2.24, 2.45) is 0 Å². The minimum atomic E-state index is -4.59. The molecule has 2 rings (SSSR count). The van der Waals surface area contributed by atoms with Crippen LogP contribution in [0, 0.1) is 0 Å². The van der Waals surface area contributed by atoms with Gasteiger partial charge in [0.05, 0.1) is 0 Å². The number of rotatable bonds is 2. The predicted octanol–water partition coefficient (Wildman–Crippen LogP) is 1.72. The zero-order chi connectivity index (χ0) is 12.5. The molecule has 0 atom stereocenters. The number of anilines is 1. The van der Waals surface area contributed by atoms with E-state index in [1.165, 1.54) is 30.2 Å². The fourth-order valence-electron chi connectivity index (χ4n) is 1.21. The van der Waals surface area contributed by atoms with E-state index in [1.54, 1.807) is 6.07 Å². The lowest BCUT2D eigenvalue weighted by Crippen LogP contribution is -2.14. The molecule has 0 aliphatic carbocycles. The Kier molecular flexibility index (Phi) is 2.70. The Balaban J connectivity index is 2.54. The van der Waals surface area contributed by atoms with Gasteiger partial charge in [-0.2, -0.15) is 18.3 Å². The summed E-state index contributed by atoms with van der Waals surface area (Å²) in [5.41, 5.74) is 0. The van der Waals surface area contributed by atoms with Crippen LogP contribution >= 0.6 is 0 Å². The van der Waals surface area contributed by atoms with Gasteiger partial charge in [-0.25, -0.2) is 14.6 Å². The van der Waals surface area contributed by atoms with Gasteiger partial charge in [-0.15, -0.1) is 0 Å². The largest absolute Gasteiger partial charge is 0.451 e. The Morgan fingerprint density at radius 2 is 2.06 bits per heavy atom. The number of aromatic nitrogens is 4. The molecule has 0 saturated heterocycles. The molecule has 2 heterocycles. The Hall–Kier alpha value is -2.12. The fraction of sp³-hybridized carbons (Fsp3) is 0.222. The van der Waals surface area contributed by atoms with Crippen molar-refractivity contribution in [3.63, 3.8) is 0 Å². The first-order valence-electron chi connectivity index (χ1n) is 4.65. The van der Waals surface area contributed by atoms with Gasteiger partial charge in [-0.3, -0.25) is 0 Å². The average Bonchev–Trinajstić information content (AvgIpc) is 2.80.